The van der Waals surface area contributed by atoms with Crippen molar-refractivity contribution >= 4 is 17.7 Å². The fourth-order valence-corrected chi connectivity index (χ4v) is 3.29. The van der Waals surface area contributed by atoms with Gasteiger partial charge in [0, 0.05) is 37.6 Å². The molecule has 1 unspecified atom stereocenters. The summed E-state index contributed by atoms with van der Waals surface area (Å²) in [5.41, 5.74) is -0.346. The zero-order valence-electron chi connectivity index (χ0n) is 14.7. The number of hydrogen-bond acceptors (Lipinski definition) is 3. The molecule has 2 rings (SSSR count). The molecule has 25 heavy (non-hydrogen) atoms. The van der Waals surface area contributed by atoms with E-state index in [4.69, 9.17) is 0 Å². The minimum absolute atomic E-state index is 0.0572. The Balaban J connectivity index is 1.86. The first kappa shape index (κ1) is 19.5. The monoisotopic (exact) mass is 363 g/mol. The molecule has 2 heterocycles. The van der Waals surface area contributed by atoms with Crippen molar-refractivity contribution in [3.05, 3.63) is 0 Å². The van der Waals surface area contributed by atoms with E-state index >= 15 is 0 Å². The van der Waals surface area contributed by atoms with E-state index in [1.807, 2.05) is 26.1 Å². The van der Waals surface area contributed by atoms with Crippen molar-refractivity contribution in [2.24, 2.45) is 5.92 Å². The zero-order valence-corrected chi connectivity index (χ0v) is 14.7. The van der Waals surface area contributed by atoms with Gasteiger partial charge in [0.05, 0.1) is 5.92 Å². The number of carbonyl (C=O) groups is 3. The number of piperidine rings is 1. The maximum Gasteiger partial charge on any atom is 0.471 e. The van der Waals surface area contributed by atoms with E-state index in [1.54, 1.807) is 9.80 Å². The Morgan fingerprint density at radius 1 is 1.12 bits per heavy atom. The van der Waals surface area contributed by atoms with E-state index in [-0.39, 0.29) is 49.7 Å². The molecular formula is C16H24F3N3O3. The Hall–Kier alpha value is -1.80. The molecular weight excluding hydrogens is 339 g/mol. The van der Waals surface area contributed by atoms with Crippen LogP contribution in [0, 0.1) is 5.92 Å². The maximum atomic E-state index is 12.6. The molecule has 3 amide bonds. The lowest BCUT2D eigenvalue weighted by atomic mass is 10.0. The lowest BCUT2D eigenvalue weighted by Gasteiger charge is -2.35. The average Bonchev–Trinajstić information content (AvgIpc) is 2.88. The van der Waals surface area contributed by atoms with Gasteiger partial charge in [-0.2, -0.15) is 13.2 Å². The molecule has 0 aromatic heterocycles. The average molecular weight is 363 g/mol. The van der Waals surface area contributed by atoms with Gasteiger partial charge in [0.25, 0.3) is 0 Å². The highest BCUT2D eigenvalue weighted by molar-refractivity contribution is 5.89. The summed E-state index contributed by atoms with van der Waals surface area (Å²) in [7, 11) is 0. The summed E-state index contributed by atoms with van der Waals surface area (Å²) in [6.07, 6.45) is -4.18. The van der Waals surface area contributed by atoms with E-state index in [1.165, 1.54) is 0 Å². The number of likely N-dealkylation sites (tertiary alicyclic amines) is 2. The lowest BCUT2D eigenvalue weighted by Crippen LogP contribution is -2.51. The lowest BCUT2D eigenvalue weighted by molar-refractivity contribution is -0.174. The predicted molar refractivity (Wildman–Crippen MR) is 83.4 cm³/mol. The molecule has 142 valence electrons. The molecule has 6 nitrogen and oxygen atoms in total. The molecule has 0 aromatic carbocycles. The topological polar surface area (TPSA) is 69.7 Å². The van der Waals surface area contributed by atoms with Crippen LogP contribution in [-0.2, 0) is 14.4 Å². The Kier molecular flexibility index (Phi) is 5.34. The van der Waals surface area contributed by atoms with Gasteiger partial charge in [-0.1, -0.05) is 0 Å². The highest BCUT2D eigenvalue weighted by atomic mass is 19.4. The Bertz CT molecular complexity index is 549. The normalized spacial score (nSPS) is 23.1. The molecule has 2 aliphatic rings. The van der Waals surface area contributed by atoms with Crippen molar-refractivity contribution < 1.29 is 27.6 Å². The number of nitrogens with zero attached hydrogens (tertiary/aromatic N) is 2. The molecule has 0 spiro atoms. The van der Waals surface area contributed by atoms with E-state index < -0.39 is 24.0 Å². The van der Waals surface area contributed by atoms with E-state index in [0.29, 0.717) is 6.54 Å². The van der Waals surface area contributed by atoms with Crippen molar-refractivity contribution in [1.82, 2.24) is 15.1 Å². The summed E-state index contributed by atoms with van der Waals surface area (Å²) < 4.78 is 36.8. The van der Waals surface area contributed by atoms with Crippen LogP contribution in [-0.4, -0.2) is 64.9 Å². The summed E-state index contributed by atoms with van der Waals surface area (Å²) in [6.45, 7) is 6.65. The number of rotatable bonds is 2. The summed E-state index contributed by atoms with van der Waals surface area (Å²) in [5, 5.41) is 1.96. The van der Waals surface area contributed by atoms with Crippen LogP contribution in [0.15, 0.2) is 0 Å². The van der Waals surface area contributed by atoms with Crippen LogP contribution in [0.5, 0.6) is 0 Å². The molecule has 0 saturated carbocycles. The first-order valence-electron chi connectivity index (χ1n) is 8.36. The number of amides is 3. The minimum atomic E-state index is -4.90. The van der Waals surface area contributed by atoms with Gasteiger partial charge >= 0.3 is 12.1 Å². The van der Waals surface area contributed by atoms with Crippen molar-refractivity contribution in [2.75, 3.05) is 19.6 Å². The number of halogens is 3. The van der Waals surface area contributed by atoms with Crippen LogP contribution in [0.2, 0.25) is 0 Å². The van der Waals surface area contributed by atoms with E-state index in [9.17, 15) is 27.6 Å². The number of carbonyl (C=O) groups excluding carboxylic acids is 3. The van der Waals surface area contributed by atoms with Crippen LogP contribution < -0.4 is 5.32 Å². The van der Waals surface area contributed by atoms with E-state index in [2.05, 4.69) is 0 Å². The van der Waals surface area contributed by atoms with Crippen LogP contribution >= 0.6 is 0 Å². The highest BCUT2D eigenvalue weighted by Gasteiger charge is 2.42. The number of hydrogen-bond donors (Lipinski definition) is 1. The van der Waals surface area contributed by atoms with Crippen molar-refractivity contribution in [2.45, 2.75) is 57.8 Å². The zero-order chi connectivity index (χ0) is 19.0. The SMILES string of the molecule is CC(C)(C)N1CC(C(=O)N2CCC(NC(=O)C(F)(F)F)CC2)CC1=O. The van der Waals surface area contributed by atoms with Gasteiger partial charge in [0.1, 0.15) is 0 Å². The molecule has 9 heteroatoms. The largest absolute Gasteiger partial charge is 0.471 e. The molecule has 0 bridgehead atoms. The van der Waals surface area contributed by atoms with Crippen molar-refractivity contribution in [3.63, 3.8) is 0 Å². The molecule has 2 aliphatic heterocycles. The summed E-state index contributed by atoms with van der Waals surface area (Å²) in [4.78, 5) is 38.9. The Labute approximate surface area is 144 Å². The second-order valence-corrected chi connectivity index (χ2v) is 7.65. The van der Waals surface area contributed by atoms with Crippen molar-refractivity contribution in [1.29, 1.82) is 0 Å². The second-order valence-electron chi connectivity index (χ2n) is 7.65. The van der Waals surface area contributed by atoms with Gasteiger partial charge in [0.15, 0.2) is 0 Å². The Morgan fingerprint density at radius 3 is 2.12 bits per heavy atom. The smallest absolute Gasteiger partial charge is 0.345 e. The first-order valence-corrected chi connectivity index (χ1v) is 8.36. The van der Waals surface area contributed by atoms with Gasteiger partial charge in [-0.25, -0.2) is 0 Å². The third kappa shape index (κ3) is 4.64. The predicted octanol–water partition coefficient (Wildman–Crippen LogP) is 1.30. The fourth-order valence-electron chi connectivity index (χ4n) is 3.29. The van der Waals surface area contributed by atoms with Crippen LogP contribution in [0.3, 0.4) is 0 Å². The van der Waals surface area contributed by atoms with Crippen molar-refractivity contribution in [3.8, 4) is 0 Å². The Morgan fingerprint density at radius 2 is 1.68 bits per heavy atom. The van der Waals surface area contributed by atoms with Crippen LogP contribution in [0.1, 0.15) is 40.0 Å². The molecule has 0 aromatic rings. The molecule has 2 saturated heterocycles. The van der Waals surface area contributed by atoms with Crippen LogP contribution in [0.25, 0.3) is 0 Å². The van der Waals surface area contributed by atoms with Gasteiger partial charge < -0.3 is 15.1 Å². The third-order valence-electron chi connectivity index (χ3n) is 4.68. The number of nitrogens with one attached hydrogen (secondary N) is 1. The standard InChI is InChI=1S/C16H24F3N3O3/c1-15(2,3)22-9-10(8-12(22)23)13(24)21-6-4-11(5-7-21)20-14(25)16(17,18)19/h10-11H,4-9H2,1-3H3,(H,20,25). The molecule has 0 aliphatic carbocycles. The summed E-state index contributed by atoms with van der Waals surface area (Å²) in [5.74, 6) is -2.55. The van der Waals surface area contributed by atoms with Crippen LogP contribution in [0.4, 0.5) is 13.2 Å². The van der Waals surface area contributed by atoms with Gasteiger partial charge in [-0.3, -0.25) is 14.4 Å². The summed E-state index contributed by atoms with van der Waals surface area (Å²) in [6, 6.07) is -0.588. The summed E-state index contributed by atoms with van der Waals surface area (Å²) >= 11 is 0. The second kappa shape index (κ2) is 6.84. The maximum absolute atomic E-state index is 12.6. The highest BCUT2D eigenvalue weighted by Crippen LogP contribution is 2.28. The first-order chi connectivity index (χ1) is 11.4. The molecule has 1 atom stereocenters. The quantitative estimate of drug-likeness (QED) is 0.804. The van der Waals surface area contributed by atoms with Gasteiger partial charge in [-0.05, 0) is 33.6 Å². The molecule has 1 N–H and O–H groups in total. The minimum Gasteiger partial charge on any atom is -0.345 e. The van der Waals surface area contributed by atoms with Gasteiger partial charge in [-0.15, -0.1) is 0 Å². The molecule has 0 radical (unpaired) electrons. The third-order valence-corrected chi connectivity index (χ3v) is 4.68. The number of alkyl halides is 3. The van der Waals surface area contributed by atoms with E-state index in [0.717, 1.165) is 0 Å². The van der Waals surface area contributed by atoms with Gasteiger partial charge in [0.2, 0.25) is 11.8 Å². The molecule has 2 fully saturated rings. The fraction of sp³-hybridized carbons (Fsp3) is 0.812.